The lowest BCUT2D eigenvalue weighted by atomic mass is 10.3. The average molecular weight is 283 g/mol. The van der Waals surface area contributed by atoms with E-state index in [1.807, 2.05) is 10.8 Å². The SMILES string of the molecule is Cc1c(Cl)[nH]c(=O)n(CCCCn2ccnc2)c1=O. The van der Waals surface area contributed by atoms with Crippen molar-refractivity contribution in [1.82, 2.24) is 19.1 Å². The van der Waals surface area contributed by atoms with Gasteiger partial charge in [-0.3, -0.25) is 14.3 Å². The van der Waals surface area contributed by atoms with E-state index in [2.05, 4.69) is 9.97 Å². The topological polar surface area (TPSA) is 72.7 Å². The van der Waals surface area contributed by atoms with Crippen LogP contribution in [0.15, 0.2) is 28.3 Å². The molecule has 0 radical (unpaired) electrons. The van der Waals surface area contributed by atoms with Crippen LogP contribution in [0.2, 0.25) is 5.15 Å². The first kappa shape index (κ1) is 13.6. The van der Waals surface area contributed by atoms with Crippen LogP contribution in [0.25, 0.3) is 0 Å². The number of H-pyrrole nitrogens is 1. The molecule has 0 amide bonds. The summed E-state index contributed by atoms with van der Waals surface area (Å²) in [6.07, 6.45) is 6.95. The number of rotatable bonds is 5. The molecule has 19 heavy (non-hydrogen) atoms. The Hall–Kier alpha value is -1.82. The van der Waals surface area contributed by atoms with Crippen LogP contribution in [-0.4, -0.2) is 19.1 Å². The van der Waals surface area contributed by atoms with Gasteiger partial charge >= 0.3 is 5.69 Å². The fourth-order valence-corrected chi connectivity index (χ4v) is 1.99. The van der Waals surface area contributed by atoms with E-state index in [1.54, 1.807) is 19.4 Å². The molecule has 0 aliphatic heterocycles. The number of hydrogen-bond donors (Lipinski definition) is 1. The van der Waals surface area contributed by atoms with Crippen molar-refractivity contribution in [2.75, 3.05) is 0 Å². The Balaban J connectivity index is 1.98. The summed E-state index contributed by atoms with van der Waals surface area (Å²) < 4.78 is 3.15. The first-order valence-corrected chi connectivity index (χ1v) is 6.42. The highest BCUT2D eigenvalue weighted by Gasteiger charge is 2.08. The lowest BCUT2D eigenvalue weighted by molar-refractivity contribution is 0.528. The molecule has 7 heteroatoms. The summed E-state index contributed by atoms with van der Waals surface area (Å²) in [5.74, 6) is 0. The molecule has 0 spiro atoms. The number of aromatic amines is 1. The number of halogens is 1. The lowest BCUT2D eigenvalue weighted by Crippen LogP contribution is -2.36. The van der Waals surface area contributed by atoms with E-state index in [0.717, 1.165) is 19.4 Å². The summed E-state index contributed by atoms with van der Waals surface area (Å²) in [6.45, 7) is 2.81. The number of imidazole rings is 1. The summed E-state index contributed by atoms with van der Waals surface area (Å²) in [4.78, 5) is 29.9. The summed E-state index contributed by atoms with van der Waals surface area (Å²) in [6, 6.07) is 0. The highest BCUT2D eigenvalue weighted by Crippen LogP contribution is 2.03. The Morgan fingerprint density at radius 1 is 1.32 bits per heavy atom. The van der Waals surface area contributed by atoms with E-state index in [1.165, 1.54) is 4.57 Å². The van der Waals surface area contributed by atoms with Gasteiger partial charge in [-0.1, -0.05) is 11.6 Å². The summed E-state index contributed by atoms with van der Waals surface area (Å²) in [5.41, 5.74) is -0.407. The molecule has 2 aromatic heterocycles. The van der Waals surface area contributed by atoms with Gasteiger partial charge in [-0.05, 0) is 19.8 Å². The lowest BCUT2D eigenvalue weighted by Gasteiger charge is -2.07. The molecule has 0 aromatic carbocycles. The van der Waals surface area contributed by atoms with Crippen LogP contribution in [0.4, 0.5) is 0 Å². The first-order chi connectivity index (χ1) is 9.09. The van der Waals surface area contributed by atoms with E-state index < -0.39 is 5.69 Å². The van der Waals surface area contributed by atoms with Gasteiger partial charge in [-0.25, -0.2) is 9.78 Å². The van der Waals surface area contributed by atoms with Crippen LogP contribution in [-0.2, 0) is 13.1 Å². The van der Waals surface area contributed by atoms with Gasteiger partial charge in [0.25, 0.3) is 5.56 Å². The maximum absolute atomic E-state index is 11.9. The second-order valence-electron chi connectivity index (χ2n) is 4.33. The highest BCUT2D eigenvalue weighted by molar-refractivity contribution is 6.30. The Morgan fingerprint density at radius 3 is 2.74 bits per heavy atom. The van der Waals surface area contributed by atoms with Crippen molar-refractivity contribution in [3.05, 3.63) is 50.3 Å². The van der Waals surface area contributed by atoms with Crippen molar-refractivity contribution in [2.24, 2.45) is 0 Å². The molecule has 0 unspecified atom stereocenters. The minimum Gasteiger partial charge on any atom is -0.337 e. The van der Waals surface area contributed by atoms with Gasteiger partial charge < -0.3 is 4.57 Å². The number of aryl methyl sites for hydroxylation is 1. The predicted molar refractivity (Wildman–Crippen MR) is 72.5 cm³/mol. The fraction of sp³-hybridized carbons (Fsp3) is 0.417. The van der Waals surface area contributed by atoms with Crippen LogP contribution in [0.5, 0.6) is 0 Å². The molecule has 0 fully saturated rings. The molecule has 0 aliphatic rings. The quantitative estimate of drug-likeness (QED) is 0.661. The van der Waals surface area contributed by atoms with Crippen LogP contribution >= 0.6 is 11.6 Å². The number of hydrogen-bond acceptors (Lipinski definition) is 3. The standard InChI is InChI=1S/C12H15ClN4O2/c1-9-10(13)15-12(19)17(11(9)18)6-3-2-5-16-7-4-14-8-16/h4,7-8H,2-3,5-6H2,1H3,(H,15,19). The molecule has 2 rings (SSSR count). The maximum atomic E-state index is 11.9. The monoisotopic (exact) mass is 282 g/mol. The number of nitrogens with zero attached hydrogens (tertiary/aromatic N) is 3. The zero-order valence-electron chi connectivity index (χ0n) is 10.6. The van der Waals surface area contributed by atoms with Gasteiger partial charge in [0, 0.05) is 31.0 Å². The van der Waals surface area contributed by atoms with Crippen molar-refractivity contribution in [3.63, 3.8) is 0 Å². The van der Waals surface area contributed by atoms with Crippen molar-refractivity contribution in [3.8, 4) is 0 Å². The van der Waals surface area contributed by atoms with E-state index >= 15 is 0 Å². The highest BCUT2D eigenvalue weighted by atomic mass is 35.5. The third-order valence-corrected chi connectivity index (χ3v) is 3.34. The average Bonchev–Trinajstić information content (AvgIpc) is 2.88. The predicted octanol–water partition coefficient (Wildman–Crippen LogP) is 1.18. The Kier molecular flexibility index (Phi) is 4.21. The van der Waals surface area contributed by atoms with Gasteiger partial charge in [-0.2, -0.15) is 0 Å². The number of unbranched alkanes of at least 4 members (excludes halogenated alkanes) is 1. The third-order valence-electron chi connectivity index (χ3n) is 2.96. The van der Waals surface area contributed by atoms with Gasteiger partial charge in [0.05, 0.1) is 6.33 Å². The fourth-order valence-electron chi connectivity index (χ4n) is 1.83. The van der Waals surface area contributed by atoms with E-state index in [-0.39, 0.29) is 10.7 Å². The summed E-state index contributed by atoms with van der Waals surface area (Å²) in [7, 11) is 0. The Morgan fingerprint density at radius 2 is 2.05 bits per heavy atom. The second-order valence-corrected chi connectivity index (χ2v) is 4.71. The zero-order chi connectivity index (χ0) is 13.8. The molecular weight excluding hydrogens is 268 g/mol. The minimum atomic E-state index is -0.455. The zero-order valence-corrected chi connectivity index (χ0v) is 11.4. The van der Waals surface area contributed by atoms with E-state index in [0.29, 0.717) is 12.1 Å². The summed E-state index contributed by atoms with van der Waals surface area (Å²) >= 11 is 5.74. The Bertz CT molecular complexity index is 657. The molecule has 0 bridgehead atoms. The van der Waals surface area contributed by atoms with E-state index in [9.17, 15) is 9.59 Å². The van der Waals surface area contributed by atoms with E-state index in [4.69, 9.17) is 11.6 Å². The molecule has 2 heterocycles. The largest absolute Gasteiger partial charge is 0.337 e. The van der Waals surface area contributed by atoms with Crippen LogP contribution in [0.3, 0.4) is 0 Å². The third kappa shape index (κ3) is 3.14. The molecular formula is C12H15ClN4O2. The number of aromatic nitrogens is 4. The maximum Gasteiger partial charge on any atom is 0.329 e. The van der Waals surface area contributed by atoms with Crippen molar-refractivity contribution >= 4 is 11.6 Å². The van der Waals surface area contributed by atoms with Gasteiger partial charge in [0.1, 0.15) is 5.15 Å². The van der Waals surface area contributed by atoms with Crippen LogP contribution < -0.4 is 11.2 Å². The molecule has 0 atom stereocenters. The normalized spacial score (nSPS) is 10.8. The molecule has 0 saturated heterocycles. The second kappa shape index (κ2) is 5.88. The van der Waals surface area contributed by atoms with Gasteiger partial charge in [0.2, 0.25) is 0 Å². The first-order valence-electron chi connectivity index (χ1n) is 6.04. The molecule has 6 nitrogen and oxygen atoms in total. The minimum absolute atomic E-state index is 0.115. The molecule has 0 saturated carbocycles. The molecule has 2 aromatic rings. The van der Waals surface area contributed by atoms with Crippen molar-refractivity contribution < 1.29 is 0 Å². The van der Waals surface area contributed by atoms with Crippen molar-refractivity contribution in [2.45, 2.75) is 32.9 Å². The summed E-state index contributed by atoms with van der Waals surface area (Å²) in [5, 5.41) is 0.115. The smallest absolute Gasteiger partial charge is 0.329 e. The Labute approximate surface area is 114 Å². The molecule has 0 aliphatic carbocycles. The van der Waals surface area contributed by atoms with Crippen LogP contribution in [0, 0.1) is 6.92 Å². The van der Waals surface area contributed by atoms with Gasteiger partial charge in [-0.15, -0.1) is 0 Å². The number of nitrogens with one attached hydrogen (secondary N) is 1. The molecule has 102 valence electrons. The molecule has 1 N–H and O–H groups in total. The van der Waals surface area contributed by atoms with Crippen molar-refractivity contribution in [1.29, 1.82) is 0 Å². The van der Waals surface area contributed by atoms with Gasteiger partial charge in [0.15, 0.2) is 0 Å². The van der Waals surface area contributed by atoms with Crippen LogP contribution in [0.1, 0.15) is 18.4 Å².